The third kappa shape index (κ3) is 4.78. The normalized spacial score (nSPS) is 16.5. The number of likely N-dealkylation sites (N-methyl/N-ethyl adjacent to an activating group) is 1. The maximum absolute atomic E-state index is 12.6. The predicted molar refractivity (Wildman–Crippen MR) is 114 cm³/mol. The molecule has 2 aromatic rings. The van der Waals surface area contributed by atoms with Gasteiger partial charge in [0.1, 0.15) is 0 Å². The molecule has 0 aromatic heterocycles. The topological polar surface area (TPSA) is 94.2 Å². The van der Waals surface area contributed by atoms with Gasteiger partial charge in [0.05, 0.1) is 17.7 Å². The molecule has 0 bridgehead atoms. The monoisotopic (exact) mass is 411 g/mol. The molecule has 0 atom stereocenters. The van der Waals surface area contributed by atoms with E-state index in [2.05, 4.69) is 4.99 Å². The van der Waals surface area contributed by atoms with Crippen molar-refractivity contribution in [1.29, 1.82) is 0 Å². The highest BCUT2D eigenvalue weighted by Gasteiger charge is 2.30. The summed E-state index contributed by atoms with van der Waals surface area (Å²) in [5.74, 6) is 0.140. The first-order valence-electron chi connectivity index (χ1n) is 8.80. The van der Waals surface area contributed by atoms with E-state index in [4.69, 9.17) is 15.2 Å². The second-order valence-electron chi connectivity index (χ2n) is 6.32. The van der Waals surface area contributed by atoms with E-state index in [1.165, 1.54) is 23.8 Å². The number of carbonyl (C=O) groups excluding carboxylic acids is 2. The molecular weight excluding hydrogens is 390 g/mol. The summed E-state index contributed by atoms with van der Waals surface area (Å²) < 4.78 is 10.6. The van der Waals surface area contributed by atoms with Gasteiger partial charge >= 0.3 is 0 Å². The predicted octanol–water partition coefficient (Wildman–Crippen LogP) is 3.10. The minimum atomic E-state index is -0.574. The lowest BCUT2D eigenvalue weighted by Gasteiger charge is -2.10. The lowest BCUT2D eigenvalue weighted by atomic mass is 10.2. The van der Waals surface area contributed by atoms with Crippen LogP contribution in [0, 0.1) is 6.92 Å². The summed E-state index contributed by atoms with van der Waals surface area (Å²) in [6, 6.07) is 12.9. The van der Waals surface area contributed by atoms with Gasteiger partial charge < -0.3 is 15.2 Å². The quantitative estimate of drug-likeness (QED) is 0.737. The molecule has 2 N–H and O–H groups in total. The first-order valence-corrected chi connectivity index (χ1v) is 9.61. The van der Waals surface area contributed by atoms with E-state index < -0.39 is 5.91 Å². The van der Waals surface area contributed by atoms with E-state index in [0.29, 0.717) is 21.6 Å². The number of carbonyl (C=O) groups is 2. The van der Waals surface area contributed by atoms with Crippen molar-refractivity contribution in [2.75, 3.05) is 20.8 Å². The average molecular weight is 411 g/mol. The van der Waals surface area contributed by atoms with Crippen LogP contribution < -0.4 is 15.2 Å². The summed E-state index contributed by atoms with van der Waals surface area (Å²) in [5.41, 5.74) is 7.73. The summed E-state index contributed by atoms with van der Waals surface area (Å²) in [4.78, 5) is 30.3. The van der Waals surface area contributed by atoms with Crippen LogP contribution in [0.3, 0.4) is 0 Å². The van der Waals surface area contributed by atoms with Gasteiger partial charge in [0.2, 0.25) is 0 Å². The number of para-hydroxylation sites is 1. The second-order valence-corrected chi connectivity index (χ2v) is 7.33. The van der Waals surface area contributed by atoms with E-state index in [1.807, 2.05) is 31.2 Å². The molecule has 29 heavy (non-hydrogen) atoms. The fourth-order valence-electron chi connectivity index (χ4n) is 2.64. The van der Waals surface area contributed by atoms with Crippen LogP contribution >= 0.6 is 11.8 Å². The molecule has 1 heterocycles. The molecule has 1 fully saturated rings. The number of benzene rings is 2. The number of hydrogen-bond donors (Lipinski definition) is 1. The van der Waals surface area contributed by atoms with Gasteiger partial charge in [-0.3, -0.25) is 14.5 Å². The number of amidine groups is 1. The summed E-state index contributed by atoms with van der Waals surface area (Å²) >= 11 is 1.31. The minimum absolute atomic E-state index is 0.129. The molecule has 7 nitrogen and oxygen atoms in total. The molecule has 0 aliphatic carbocycles. The third-order valence-corrected chi connectivity index (χ3v) is 5.25. The van der Waals surface area contributed by atoms with Gasteiger partial charge in [-0.15, -0.1) is 0 Å². The molecule has 150 valence electrons. The maximum Gasteiger partial charge on any atom is 0.266 e. The summed E-state index contributed by atoms with van der Waals surface area (Å²) in [6.45, 7) is 1.74. The number of aliphatic imine (C=N–C) groups is 1. The molecule has 8 heteroatoms. The first-order chi connectivity index (χ1) is 13.9. The zero-order valence-corrected chi connectivity index (χ0v) is 17.2. The molecule has 0 radical (unpaired) electrons. The van der Waals surface area contributed by atoms with Crippen molar-refractivity contribution in [3.05, 3.63) is 58.5 Å². The second kappa shape index (κ2) is 8.83. The molecule has 0 spiro atoms. The van der Waals surface area contributed by atoms with Crippen LogP contribution in [0.25, 0.3) is 6.08 Å². The molecule has 1 saturated heterocycles. The molecule has 2 amide bonds. The summed E-state index contributed by atoms with van der Waals surface area (Å²) in [6.07, 6.45) is 1.77. The smallest absolute Gasteiger partial charge is 0.266 e. The van der Waals surface area contributed by atoms with E-state index in [0.717, 1.165) is 16.8 Å². The van der Waals surface area contributed by atoms with Gasteiger partial charge in [0.15, 0.2) is 23.3 Å². The minimum Gasteiger partial charge on any atom is -0.493 e. The van der Waals surface area contributed by atoms with Gasteiger partial charge in [-0.25, -0.2) is 4.99 Å². The van der Waals surface area contributed by atoms with Gasteiger partial charge in [-0.1, -0.05) is 24.3 Å². The van der Waals surface area contributed by atoms with Gasteiger partial charge in [0.25, 0.3) is 11.8 Å². The number of thioether (sulfide) groups is 1. The van der Waals surface area contributed by atoms with Crippen molar-refractivity contribution < 1.29 is 19.1 Å². The van der Waals surface area contributed by atoms with Crippen molar-refractivity contribution in [2.45, 2.75) is 6.92 Å². The number of amides is 2. The Kier molecular flexibility index (Phi) is 6.23. The lowest BCUT2D eigenvalue weighted by molar-refractivity contribution is -0.121. The van der Waals surface area contributed by atoms with Gasteiger partial charge in [0, 0.05) is 7.05 Å². The van der Waals surface area contributed by atoms with Crippen LogP contribution in [0.15, 0.2) is 52.4 Å². The molecule has 0 saturated carbocycles. The Morgan fingerprint density at radius 3 is 2.69 bits per heavy atom. The number of nitrogens with two attached hydrogens (primary N) is 1. The highest BCUT2D eigenvalue weighted by atomic mass is 32.2. The summed E-state index contributed by atoms with van der Waals surface area (Å²) in [7, 11) is 3.20. The Bertz CT molecular complexity index is 1020. The largest absolute Gasteiger partial charge is 0.493 e. The zero-order valence-electron chi connectivity index (χ0n) is 16.3. The Labute approximate surface area is 173 Å². The SMILES string of the molecule is COc1cc(/C=C2/SC(=Nc3ccccc3C)N(C)C2=O)ccc1OCC(N)=O. The Hall–Kier alpha value is -3.26. The Balaban J connectivity index is 1.86. The molecular formula is C21H21N3O4S. The number of ether oxygens (including phenoxy) is 2. The van der Waals surface area contributed by atoms with E-state index >= 15 is 0 Å². The van der Waals surface area contributed by atoms with Crippen molar-refractivity contribution in [3.8, 4) is 11.5 Å². The fourth-order valence-corrected chi connectivity index (χ4v) is 3.62. The number of primary amides is 1. The Morgan fingerprint density at radius 2 is 2.00 bits per heavy atom. The highest BCUT2D eigenvalue weighted by molar-refractivity contribution is 8.18. The van der Waals surface area contributed by atoms with Crippen molar-refractivity contribution >= 4 is 40.5 Å². The van der Waals surface area contributed by atoms with Crippen molar-refractivity contribution in [2.24, 2.45) is 10.7 Å². The van der Waals surface area contributed by atoms with Crippen LogP contribution in [0.1, 0.15) is 11.1 Å². The van der Waals surface area contributed by atoms with Crippen LogP contribution in [0.2, 0.25) is 0 Å². The lowest BCUT2D eigenvalue weighted by Crippen LogP contribution is -2.23. The van der Waals surface area contributed by atoms with Crippen molar-refractivity contribution in [1.82, 2.24) is 4.90 Å². The number of aryl methyl sites for hydroxylation is 1. The third-order valence-electron chi connectivity index (χ3n) is 4.19. The van der Waals surface area contributed by atoms with E-state index in [9.17, 15) is 9.59 Å². The van der Waals surface area contributed by atoms with Gasteiger partial charge in [-0.05, 0) is 54.1 Å². The number of hydrogen-bond acceptors (Lipinski definition) is 6. The average Bonchev–Trinajstić information content (AvgIpc) is 2.96. The van der Waals surface area contributed by atoms with Crippen molar-refractivity contribution in [3.63, 3.8) is 0 Å². The summed E-state index contributed by atoms with van der Waals surface area (Å²) in [5, 5.41) is 0.615. The molecule has 3 rings (SSSR count). The first kappa shape index (κ1) is 20.5. The number of methoxy groups -OCH3 is 1. The van der Waals surface area contributed by atoms with Crippen LogP contribution in [-0.4, -0.2) is 42.6 Å². The van der Waals surface area contributed by atoms with E-state index in [-0.39, 0.29) is 12.5 Å². The maximum atomic E-state index is 12.6. The number of rotatable bonds is 6. The van der Waals surface area contributed by atoms with Crippen LogP contribution in [0.4, 0.5) is 5.69 Å². The fraction of sp³-hybridized carbons (Fsp3) is 0.190. The molecule has 1 aliphatic heterocycles. The van der Waals surface area contributed by atoms with Gasteiger partial charge in [-0.2, -0.15) is 0 Å². The van der Waals surface area contributed by atoms with Crippen LogP contribution in [-0.2, 0) is 9.59 Å². The standard InChI is InChI=1S/C21H21N3O4S/c1-13-6-4-5-7-15(13)23-21-24(2)20(26)18(29-21)11-14-8-9-16(17(10-14)27-3)28-12-19(22)25/h4-11H,12H2,1-3H3,(H2,22,25)/b18-11+,23-21?. The molecule has 0 unspecified atom stereocenters. The molecule has 2 aromatic carbocycles. The molecule has 1 aliphatic rings. The Morgan fingerprint density at radius 1 is 1.24 bits per heavy atom. The van der Waals surface area contributed by atoms with Crippen LogP contribution in [0.5, 0.6) is 11.5 Å². The zero-order chi connectivity index (χ0) is 21.0. The highest BCUT2D eigenvalue weighted by Crippen LogP contribution is 2.35. The number of nitrogens with zero attached hydrogens (tertiary/aromatic N) is 2. The van der Waals surface area contributed by atoms with E-state index in [1.54, 1.807) is 31.3 Å².